The van der Waals surface area contributed by atoms with E-state index in [1.807, 2.05) is 49.4 Å². The predicted octanol–water partition coefficient (Wildman–Crippen LogP) is 5.16. The Balaban J connectivity index is 1.62. The first kappa shape index (κ1) is 30.7. The Hall–Kier alpha value is -3.84. The molecule has 0 unspecified atom stereocenters. The first-order valence-corrected chi connectivity index (χ1v) is 13.7. The molecule has 3 aromatic rings. The SMILES string of the molecule is CCOc1ccccc1NC(=O)C(=O)N/N=C\c1cc(I)c(OCC(=O)Nc2ccc(C)c(Cl)c2)c(OCC)c1. The molecule has 0 aliphatic heterocycles. The fourth-order valence-electron chi connectivity index (χ4n) is 3.32. The third kappa shape index (κ3) is 8.85. The van der Waals surface area contributed by atoms with Crippen molar-refractivity contribution >= 4 is 69.5 Å². The molecule has 10 nitrogen and oxygen atoms in total. The molecule has 0 heterocycles. The summed E-state index contributed by atoms with van der Waals surface area (Å²) in [7, 11) is 0. The number of carbonyl (C=O) groups is 3. The van der Waals surface area contributed by atoms with E-state index < -0.39 is 11.8 Å². The molecule has 0 saturated heterocycles. The molecule has 0 aromatic heterocycles. The zero-order valence-electron chi connectivity index (χ0n) is 22.0. The van der Waals surface area contributed by atoms with Gasteiger partial charge in [-0.15, -0.1) is 0 Å². The van der Waals surface area contributed by atoms with Crippen molar-refractivity contribution in [1.29, 1.82) is 0 Å². The van der Waals surface area contributed by atoms with Gasteiger partial charge in [-0.25, -0.2) is 5.43 Å². The van der Waals surface area contributed by atoms with E-state index in [1.54, 1.807) is 48.5 Å². The van der Waals surface area contributed by atoms with Crippen LogP contribution in [0, 0.1) is 10.5 Å². The lowest BCUT2D eigenvalue weighted by Crippen LogP contribution is -2.32. The van der Waals surface area contributed by atoms with Crippen LogP contribution in [-0.4, -0.2) is 43.8 Å². The smallest absolute Gasteiger partial charge is 0.329 e. The summed E-state index contributed by atoms with van der Waals surface area (Å²) in [6.07, 6.45) is 1.36. The summed E-state index contributed by atoms with van der Waals surface area (Å²) >= 11 is 8.17. The van der Waals surface area contributed by atoms with Gasteiger partial charge in [-0.1, -0.05) is 29.8 Å². The number of hydrogen-bond acceptors (Lipinski definition) is 7. The van der Waals surface area contributed by atoms with E-state index in [9.17, 15) is 14.4 Å². The van der Waals surface area contributed by atoms with Crippen LogP contribution in [0.1, 0.15) is 25.0 Å². The Morgan fingerprint density at radius 3 is 2.38 bits per heavy atom. The highest BCUT2D eigenvalue weighted by Gasteiger charge is 2.16. The van der Waals surface area contributed by atoms with Gasteiger partial charge in [-0.05, 0) is 90.9 Å². The lowest BCUT2D eigenvalue weighted by atomic mass is 10.2. The number of hydrazone groups is 1. The van der Waals surface area contributed by atoms with Crippen LogP contribution in [0.5, 0.6) is 17.2 Å². The molecule has 3 aromatic carbocycles. The van der Waals surface area contributed by atoms with Crippen LogP contribution < -0.4 is 30.3 Å². The zero-order valence-corrected chi connectivity index (χ0v) is 25.0. The molecule has 3 amide bonds. The second-order valence-electron chi connectivity index (χ2n) is 8.15. The quantitative estimate of drug-likeness (QED) is 0.111. The van der Waals surface area contributed by atoms with Crippen molar-refractivity contribution in [3.8, 4) is 17.2 Å². The fourth-order valence-corrected chi connectivity index (χ4v) is 4.28. The maximum atomic E-state index is 12.4. The summed E-state index contributed by atoms with van der Waals surface area (Å²) in [5.41, 5.74) is 4.61. The summed E-state index contributed by atoms with van der Waals surface area (Å²) in [6.45, 7) is 6.00. The number of nitrogens with one attached hydrogen (secondary N) is 3. The molecule has 0 saturated carbocycles. The molecule has 0 aliphatic rings. The van der Waals surface area contributed by atoms with E-state index in [4.69, 9.17) is 25.8 Å². The molecule has 0 fully saturated rings. The highest BCUT2D eigenvalue weighted by molar-refractivity contribution is 14.1. The Morgan fingerprint density at radius 1 is 0.925 bits per heavy atom. The first-order chi connectivity index (χ1) is 19.2. The fraction of sp³-hybridized carbons (Fsp3) is 0.214. The van der Waals surface area contributed by atoms with Crippen LogP contribution >= 0.6 is 34.2 Å². The molecular weight excluding hydrogens is 651 g/mol. The number of nitrogens with zero attached hydrogens (tertiary/aromatic N) is 1. The van der Waals surface area contributed by atoms with Gasteiger partial charge in [-0.2, -0.15) is 5.10 Å². The number of rotatable bonds is 11. The summed E-state index contributed by atoms with van der Waals surface area (Å²) in [5, 5.41) is 9.67. The van der Waals surface area contributed by atoms with E-state index in [0.717, 1.165) is 5.56 Å². The largest absolute Gasteiger partial charge is 0.492 e. The Morgan fingerprint density at radius 2 is 1.65 bits per heavy atom. The summed E-state index contributed by atoms with van der Waals surface area (Å²) in [4.78, 5) is 37.0. The number of amides is 3. The number of benzene rings is 3. The van der Waals surface area contributed by atoms with Crippen LogP contribution in [0.3, 0.4) is 0 Å². The number of aryl methyl sites for hydroxylation is 1. The average molecular weight is 679 g/mol. The van der Waals surface area contributed by atoms with Gasteiger partial charge in [0.25, 0.3) is 5.91 Å². The first-order valence-electron chi connectivity index (χ1n) is 12.2. The van der Waals surface area contributed by atoms with Crippen LogP contribution in [0.15, 0.2) is 59.7 Å². The molecular formula is C28H28ClIN4O6. The van der Waals surface area contributed by atoms with Crippen molar-refractivity contribution in [2.45, 2.75) is 20.8 Å². The van der Waals surface area contributed by atoms with Crippen molar-refractivity contribution in [3.63, 3.8) is 0 Å². The van der Waals surface area contributed by atoms with Crippen molar-refractivity contribution < 1.29 is 28.6 Å². The van der Waals surface area contributed by atoms with Crippen LogP contribution in [-0.2, 0) is 14.4 Å². The van der Waals surface area contributed by atoms with Crippen molar-refractivity contribution in [2.24, 2.45) is 5.10 Å². The molecule has 0 aliphatic carbocycles. The Labute approximate surface area is 250 Å². The van der Waals surface area contributed by atoms with E-state index in [2.05, 4.69) is 21.2 Å². The van der Waals surface area contributed by atoms with Gasteiger partial charge in [0, 0.05) is 10.7 Å². The minimum atomic E-state index is -0.955. The summed E-state index contributed by atoms with van der Waals surface area (Å²) < 4.78 is 17.6. The number of halogens is 2. The molecule has 0 radical (unpaired) electrons. The molecule has 0 bridgehead atoms. The number of anilines is 2. The van der Waals surface area contributed by atoms with Gasteiger partial charge in [0.1, 0.15) is 5.75 Å². The van der Waals surface area contributed by atoms with Gasteiger partial charge in [-0.3, -0.25) is 14.4 Å². The van der Waals surface area contributed by atoms with E-state index in [1.165, 1.54) is 6.21 Å². The van der Waals surface area contributed by atoms with Gasteiger partial charge in [0.05, 0.1) is 28.7 Å². The lowest BCUT2D eigenvalue weighted by Gasteiger charge is -2.15. The van der Waals surface area contributed by atoms with Gasteiger partial charge in [0.2, 0.25) is 0 Å². The molecule has 0 spiro atoms. The highest BCUT2D eigenvalue weighted by atomic mass is 127. The van der Waals surface area contributed by atoms with Crippen molar-refractivity contribution in [3.05, 3.63) is 74.3 Å². The van der Waals surface area contributed by atoms with Gasteiger partial charge < -0.3 is 24.8 Å². The summed E-state index contributed by atoms with van der Waals surface area (Å²) in [6, 6.07) is 15.4. The van der Waals surface area contributed by atoms with Crippen LogP contribution in [0.4, 0.5) is 11.4 Å². The van der Waals surface area contributed by atoms with Crippen LogP contribution in [0.25, 0.3) is 0 Å². The second-order valence-corrected chi connectivity index (χ2v) is 9.72. The van der Waals surface area contributed by atoms with E-state index in [-0.39, 0.29) is 12.5 Å². The highest BCUT2D eigenvalue weighted by Crippen LogP contribution is 2.34. The Kier molecular flexibility index (Phi) is 11.6. The van der Waals surface area contributed by atoms with Crippen LogP contribution in [0.2, 0.25) is 5.02 Å². The van der Waals surface area contributed by atoms with Gasteiger partial charge >= 0.3 is 11.8 Å². The predicted molar refractivity (Wildman–Crippen MR) is 163 cm³/mol. The standard InChI is InChI=1S/C28H28ClIN4O6/c1-4-38-23-9-7-6-8-22(23)33-27(36)28(37)34-31-15-18-12-21(30)26(24(13-18)39-5-2)40-16-25(35)32-19-11-10-17(3)20(29)14-19/h6-15H,4-5,16H2,1-3H3,(H,32,35)(H,33,36)(H,34,37)/b31-15-. The lowest BCUT2D eigenvalue weighted by molar-refractivity contribution is -0.136. The van der Waals surface area contributed by atoms with E-state index in [0.29, 0.717) is 56.0 Å². The molecule has 12 heteroatoms. The second kappa shape index (κ2) is 15.1. The molecule has 0 atom stereocenters. The topological polar surface area (TPSA) is 127 Å². The number of carbonyl (C=O) groups excluding carboxylic acids is 3. The van der Waals surface area contributed by atoms with Gasteiger partial charge in [0.15, 0.2) is 18.1 Å². The molecule has 3 rings (SSSR count). The maximum absolute atomic E-state index is 12.4. The minimum Gasteiger partial charge on any atom is -0.492 e. The zero-order chi connectivity index (χ0) is 29.1. The summed E-state index contributed by atoms with van der Waals surface area (Å²) in [5.74, 6) is -1.00. The number of hydrogen-bond donors (Lipinski definition) is 3. The molecule has 3 N–H and O–H groups in total. The maximum Gasteiger partial charge on any atom is 0.329 e. The number of ether oxygens (including phenoxy) is 3. The minimum absolute atomic E-state index is 0.257. The van der Waals surface area contributed by atoms with E-state index >= 15 is 0 Å². The third-order valence-corrected chi connectivity index (χ3v) is 6.36. The Bertz CT molecular complexity index is 1420. The molecule has 210 valence electrons. The average Bonchev–Trinajstić information content (AvgIpc) is 2.91. The monoisotopic (exact) mass is 678 g/mol. The van der Waals surface area contributed by atoms with Crippen molar-refractivity contribution in [1.82, 2.24) is 5.43 Å². The van der Waals surface area contributed by atoms with Crippen molar-refractivity contribution in [2.75, 3.05) is 30.5 Å². The third-order valence-electron chi connectivity index (χ3n) is 5.16. The molecule has 40 heavy (non-hydrogen) atoms. The normalized spacial score (nSPS) is 10.6. The number of para-hydroxylation sites is 2.